The zero-order valence-electron chi connectivity index (χ0n) is 16.0. The van der Waals surface area contributed by atoms with Crippen LogP contribution >= 0.6 is 0 Å². The van der Waals surface area contributed by atoms with Crippen molar-refractivity contribution in [3.63, 3.8) is 0 Å². The molecule has 5 heteroatoms. The quantitative estimate of drug-likeness (QED) is 0.682. The van der Waals surface area contributed by atoms with Crippen LogP contribution in [-0.4, -0.2) is 35.9 Å². The Morgan fingerprint density at radius 1 is 1.08 bits per heavy atom. The van der Waals surface area contributed by atoms with Crippen LogP contribution in [-0.2, 0) is 23.7 Å². The number of hydrogen-bond donors (Lipinski definition) is 0. The highest BCUT2D eigenvalue weighted by atomic mass is 16.8. The molecule has 5 nitrogen and oxygen atoms in total. The number of hydrogen-bond acceptors (Lipinski definition) is 5. The molecule has 3 rings (SSSR count). The topological polar surface area (TPSA) is 54.0 Å². The van der Waals surface area contributed by atoms with Gasteiger partial charge in [0, 0.05) is 5.92 Å². The van der Waals surface area contributed by atoms with Gasteiger partial charge < -0.3 is 18.9 Å². The molecular weight excluding hydrogens is 308 g/mol. The molecule has 4 unspecified atom stereocenters. The van der Waals surface area contributed by atoms with Gasteiger partial charge in [-0.15, -0.1) is 0 Å². The van der Waals surface area contributed by atoms with E-state index in [0.717, 1.165) is 19.3 Å². The summed E-state index contributed by atoms with van der Waals surface area (Å²) in [7, 11) is 0. The van der Waals surface area contributed by atoms with Crippen LogP contribution in [0.5, 0.6) is 0 Å². The van der Waals surface area contributed by atoms with E-state index in [2.05, 4.69) is 13.8 Å². The van der Waals surface area contributed by atoms with E-state index in [0.29, 0.717) is 5.92 Å². The molecule has 2 aliphatic heterocycles. The summed E-state index contributed by atoms with van der Waals surface area (Å²) in [6, 6.07) is 0. The fraction of sp³-hybridized carbons (Fsp3) is 0.947. The van der Waals surface area contributed by atoms with Gasteiger partial charge in [-0.2, -0.15) is 0 Å². The van der Waals surface area contributed by atoms with E-state index in [9.17, 15) is 4.79 Å². The second-order valence-corrected chi connectivity index (χ2v) is 9.20. The van der Waals surface area contributed by atoms with Crippen molar-refractivity contribution in [3.8, 4) is 0 Å². The molecule has 1 saturated carbocycles. The minimum Gasteiger partial charge on any atom is -0.459 e. The second kappa shape index (κ2) is 5.68. The van der Waals surface area contributed by atoms with Crippen LogP contribution < -0.4 is 0 Å². The van der Waals surface area contributed by atoms with E-state index in [1.165, 1.54) is 0 Å². The first kappa shape index (κ1) is 18.2. The maximum absolute atomic E-state index is 12.5. The minimum absolute atomic E-state index is 0.109. The van der Waals surface area contributed by atoms with Crippen molar-refractivity contribution in [1.82, 2.24) is 0 Å². The summed E-state index contributed by atoms with van der Waals surface area (Å²) in [5, 5.41) is 0. The van der Waals surface area contributed by atoms with Crippen molar-refractivity contribution in [2.45, 2.75) is 97.6 Å². The largest absolute Gasteiger partial charge is 0.459 e. The lowest BCUT2D eigenvalue weighted by Gasteiger charge is -2.48. The van der Waals surface area contributed by atoms with Gasteiger partial charge in [0.2, 0.25) is 0 Å². The Morgan fingerprint density at radius 2 is 1.75 bits per heavy atom. The van der Waals surface area contributed by atoms with Gasteiger partial charge in [-0.05, 0) is 59.8 Å². The molecule has 2 saturated heterocycles. The molecule has 0 aromatic rings. The molecule has 6 atom stereocenters. The molecule has 0 aromatic carbocycles. The van der Waals surface area contributed by atoms with E-state index in [4.69, 9.17) is 18.9 Å². The highest BCUT2D eigenvalue weighted by molar-refractivity contribution is 5.75. The zero-order chi connectivity index (χ0) is 17.9. The van der Waals surface area contributed by atoms with E-state index in [1.54, 1.807) is 0 Å². The molecule has 0 N–H and O–H groups in total. The molecule has 0 aromatic heterocycles. The molecule has 0 amide bonds. The Hall–Kier alpha value is -0.650. The van der Waals surface area contributed by atoms with Crippen LogP contribution in [0.4, 0.5) is 0 Å². The molecule has 138 valence electrons. The molecule has 3 aliphatic rings. The van der Waals surface area contributed by atoms with Gasteiger partial charge in [-0.1, -0.05) is 13.8 Å². The predicted octanol–water partition coefficient (Wildman–Crippen LogP) is 3.65. The minimum atomic E-state index is -0.624. The summed E-state index contributed by atoms with van der Waals surface area (Å²) in [6.07, 6.45) is 2.20. The summed E-state index contributed by atoms with van der Waals surface area (Å²) < 4.78 is 24.5. The van der Waals surface area contributed by atoms with E-state index in [-0.39, 0.29) is 30.4 Å². The Balaban J connectivity index is 1.87. The fourth-order valence-corrected chi connectivity index (χ4v) is 4.52. The summed E-state index contributed by atoms with van der Waals surface area (Å²) in [5.41, 5.74) is -1.04. The number of fused-ring (bicyclic) bond motifs is 1. The zero-order valence-corrected chi connectivity index (χ0v) is 16.0. The number of rotatable bonds is 1. The van der Waals surface area contributed by atoms with Crippen LogP contribution in [0.25, 0.3) is 0 Å². The molecule has 3 fully saturated rings. The Bertz CT molecular complexity index is 508. The van der Waals surface area contributed by atoms with Gasteiger partial charge in [-0.25, -0.2) is 0 Å². The molecular formula is C19H32O5. The average Bonchev–Trinajstić information content (AvgIpc) is 2.87. The predicted molar refractivity (Wildman–Crippen MR) is 89.2 cm³/mol. The summed E-state index contributed by atoms with van der Waals surface area (Å²) >= 11 is 0. The van der Waals surface area contributed by atoms with E-state index >= 15 is 0 Å². The van der Waals surface area contributed by atoms with Crippen LogP contribution in [0.3, 0.4) is 0 Å². The molecule has 24 heavy (non-hydrogen) atoms. The summed E-state index contributed by atoms with van der Waals surface area (Å²) in [6.45, 7) is 13.8. The third kappa shape index (κ3) is 2.78. The lowest BCUT2D eigenvalue weighted by Crippen LogP contribution is -2.57. The normalized spacial score (nSPS) is 44.5. The first-order chi connectivity index (χ1) is 11.0. The van der Waals surface area contributed by atoms with Gasteiger partial charge >= 0.3 is 5.97 Å². The maximum Gasteiger partial charge on any atom is 0.311 e. The van der Waals surface area contributed by atoms with Crippen LogP contribution in [0.1, 0.15) is 67.7 Å². The molecule has 0 bridgehead atoms. The van der Waals surface area contributed by atoms with Crippen molar-refractivity contribution in [1.29, 1.82) is 0 Å². The third-order valence-electron chi connectivity index (χ3n) is 5.85. The van der Waals surface area contributed by atoms with Crippen molar-refractivity contribution in [3.05, 3.63) is 0 Å². The summed E-state index contributed by atoms with van der Waals surface area (Å²) in [5.74, 6) is -0.394. The highest BCUT2D eigenvalue weighted by Crippen LogP contribution is 2.54. The standard InChI is InChI=1S/C19H32O5/c1-11-9-8-10-13(21-16(20)17(3,4)5)19(11)12(2)14-15(24-19)23-18(6,7)22-14/h11-15H,8-10H2,1-7H3/t11?,12-,13+,14?,15?,19?/m1/s1. The molecule has 1 spiro atoms. The van der Waals surface area contributed by atoms with Crippen molar-refractivity contribution in [2.24, 2.45) is 17.3 Å². The molecule has 0 radical (unpaired) electrons. The van der Waals surface area contributed by atoms with Crippen LogP contribution in [0.15, 0.2) is 0 Å². The number of carbonyl (C=O) groups excluding carboxylic acids is 1. The van der Waals surface area contributed by atoms with Gasteiger partial charge in [0.25, 0.3) is 0 Å². The Morgan fingerprint density at radius 3 is 2.33 bits per heavy atom. The van der Waals surface area contributed by atoms with Gasteiger partial charge in [-0.3, -0.25) is 4.79 Å². The van der Waals surface area contributed by atoms with Crippen LogP contribution in [0, 0.1) is 17.3 Å². The summed E-state index contributed by atoms with van der Waals surface area (Å²) in [4.78, 5) is 12.5. The Kier molecular flexibility index (Phi) is 4.30. The van der Waals surface area contributed by atoms with Gasteiger partial charge in [0.05, 0.1) is 5.41 Å². The smallest absolute Gasteiger partial charge is 0.311 e. The monoisotopic (exact) mass is 340 g/mol. The number of carbonyl (C=O) groups is 1. The van der Waals surface area contributed by atoms with Gasteiger partial charge in [0.15, 0.2) is 12.1 Å². The molecule has 2 heterocycles. The van der Waals surface area contributed by atoms with Crippen molar-refractivity contribution in [2.75, 3.05) is 0 Å². The van der Waals surface area contributed by atoms with E-state index in [1.807, 2.05) is 34.6 Å². The lowest BCUT2D eigenvalue weighted by atomic mass is 9.67. The first-order valence-corrected chi connectivity index (χ1v) is 9.22. The fourth-order valence-electron chi connectivity index (χ4n) is 4.52. The molecule has 1 aliphatic carbocycles. The first-order valence-electron chi connectivity index (χ1n) is 9.22. The van der Waals surface area contributed by atoms with E-state index < -0.39 is 16.8 Å². The van der Waals surface area contributed by atoms with Crippen LogP contribution in [0.2, 0.25) is 0 Å². The lowest BCUT2D eigenvalue weighted by molar-refractivity contribution is -0.272. The average molecular weight is 340 g/mol. The van der Waals surface area contributed by atoms with Crippen molar-refractivity contribution >= 4 is 5.97 Å². The SMILES string of the molecule is CC1CCC[C@H](OC(=O)C(C)(C)C)C12OC1OC(C)(C)OC1[C@H]2C. The van der Waals surface area contributed by atoms with Crippen molar-refractivity contribution < 1.29 is 23.7 Å². The highest BCUT2D eigenvalue weighted by Gasteiger charge is 2.66. The number of ether oxygens (including phenoxy) is 4. The maximum atomic E-state index is 12.5. The third-order valence-corrected chi connectivity index (χ3v) is 5.85. The number of esters is 1. The van der Waals surface area contributed by atoms with Gasteiger partial charge in [0.1, 0.15) is 17.8 Å². The Labute approximate surface area is 145 Å². The second-order valence-electron chi connectivity index (χ2n) is 9.20.